The number of carbonyl (C=O) groups is 2. The van der Waals surface area contributed by atoms with Gasteiger partial charge in [0.1, 0.15) is 24.2 Å². The minimum absolute atomic E-state index is 0.0319. The molecule has 1 aromatic carbocycles. The smallest absolute Gasteiger partial charge is 0.306 e. The summed E-state index contributed by atoms with van der Waals surface area (Å²) >= 11 is 5.91. The van der Waals surface area contributed by atoms with Crippen molar-refractivity contribution in [3.05, 3.63) is 53.6 Å². The second kappa shape index (κ2) is 13.4. The predicted molar refractivity (Wildman–Crippen MR) is 124 cm³/mol. The summed E-state index contributed by atoms with van der Waals surface area (Å²) in [6.07, 6.45) is 7.88. The van der Waals surface area contributed by atoms with Gasteiger partial charge in [0.25, 0.3) is 0 Å². The van der Waals surface area contributed by atoms with Crippen molar-refractivity contribution in [1.29, 1.82) is 0 Å². The number of aliphatic hydroxyl groups is 2. The molecule has 0 radical (unpaired) electrons. The number of Topliss-reactive ketones (excluding diaryl/α,β-unsaturated/α-hetero) is 1. The molecule has 176 valence electrons. The maximum absolute atomic E-state index is 12.3. The predicted octanol–water partition coefficient (Wildman–Crippen LogP) is 4.27. The van der Waals surface area contributed by atoms with Crippen LogP contribution in [0.25, 0.3) is 0 Å². The Labute approximate surface area is 194 Å². The molecule has 0 aromatic heterocycles. The number of rotatable bonds is 12. The van der Waals surface area contributed by atoms with Crippen molar-refractivity contribution in [2.45, 2.75) is 64.3 Å². The average Bonchev–Trinajstić information content (AvgIpc) is 2.99. The second-order valence-electron chi connectivity index (χ2n) is 8.29. The molecule has 1 aromatic rings. The second-order valence-corrected chi connectivity index (χ2v) is 8.72. The Kier molecular flexibility index (Phi) is 10.9. The lowest BCUT2D eigenvalue weighted by atomic mass is 9.90. The minimum atomic E-state index is -0.888. The standard InChI is InChI=1S/C25H33ClO6/c1-17(2)32-25(30)11-6-4-3-5-10-21-22(24(29)15-23(21)28)13-12-19(27)16-31-20-9-7-8-18(26)14-20/h3,5,7-9,12-14,17,19,21-23,27-28H,4,6,10-11,15-16H2,1-2H3/b5-3+,13-12+/t19-,21-,22-,23+/m1/s1. The summed E-state index contributed by atoms with van der Waals surface area (Å²) < 4.78 is 10.6. The maximum atomic E-state index is 12.3. The fourth-order valence-corrected chi connectivity index (χ4v) is 3.80. The van der Waals surface area contributed by atoms with Crippen LogP contribution in [-0.4, -0.2) is 46.9 Å². The fourth-order valence-electron chi connectivity index (χ4n) is 3.62. The number of esters is 1. The van der Waals surface area contributed by atoms with Crippen molar-refractivity contribution in [3.63, 3.8) is 0 Å². The quantitative estimate of drug-likeness (QED) is 0.272. The Morgan fingerprint density at radius 3 is 2.81 bits per heavy atom. The summed E-state index contributed by atoms with van der Waals surface area (Å²) in [5.41, 5.74) is 0. The third kappa shape index (κ3) is 9.15. The first-order valence-electron chi connectivity index (χ1n) is 11.1. The summed E-state index contributed by atoms with van der Waals surface area (Å²) in [4.78, 5) is 23.8. The molecule has 0 aliphatic heterocycles. The topological polar surface area (TPSA) is 93.1 Å². The Hall–Kier alpha value is -2.15. The van der Waals surface area contributed by atoms with E-state index in [4.69, 9.17) is 21.1 Å². The molecule has 7 heteroatoms. The van der Waals surface area contributed by atoms with Crippen LogP contribution in [0.15, 0.2) is 48.6 Å². The van der Waals surface area contributed by atoms with E-state index in [1.807, 2.05) is 26.0 Å². The van der Waals surface area contributed by atoms with Gasteiger partial charge in [-0.1, -0.05) is 42.0 Å². The molecular weight excluding hydrogens is 432 g/mol. The minimum Gasteiger partial charge on any atom is -0.491 e. The number of carbonyl (C=O) groups excluding carboxylic acids is 2. The summed E-state index contributed by atoms with van der Waals surface area (Å²) in [7, 11) is 0. The summed E-state index contributed by atoms with van der Waals surface area (Å²) in [5, 5.41) is 21.0. The zero-order chi connectivity index (χ0) is 23.5. The summed E-state index contributed by atoms with van der Waals surface area (Å²) in [6.45, 7) is 3.68. The number of benzene rings is 1. The van der Waals surface area contributed by atoms with Gasteiger partial charge in [-0.2, -0.15) is 0 Å². The van der Waals surface area contributed by atoms with Crippen molar-refractivity contribution in [2.24, 2.45) is 11.8 Å². The highest BCUT2D eigenvalue weighted by molar-refractivity contribution is 6.30. The van der Waals surface area contributed by atoms with Crippen molar-refractivity contribution >= 4 is 23.4 Å². The molecular formula is C25H33ClO6. The SMILES string of the molecule is CC(C)OC(=O)CCC/C=C/C[C@H]1[C@@H](O)CC(=O)[C@@H]1/C=C/[C@@H](O)COc1cccc(Cl)c1. The molecule has 0 amide bonds. The van der Waals surface area contributed by atoms with E-state index >= 15 is 0 Å². The molecule has 2 N–H and O–H groups in total. The van der Waals surface area contributed by atoms with Crippen LogP contribution in [0.3, 0.4) is 0 Å². The molecule has 4 atom stereocenters. The van der Waals surface area contributed by atoms with Crippen LogP contribution < -0.4 is 4.74 Å². The van der Waals surface area contributed by atoms with Crippen LogP contribution in [0, 0.1) is 11.8 Å². The van der Waals surface area contributed by atoms with E-state index in [1.54, 1.807) is 36.4 Å². The van der Waals surface area contributed by atoms with Gasteiger partial charge in [0, 0.05) is 29.7 Å². The van der Waals surface area contributed by atoms with Crippen molar-refractivity contribution in [1.82, 2.24) is 0 Å². The van der Waals surface area contributed by atoms with E-state index in [2.05, 4.69) is 0 Å². The van der Waals surface area contributed by atoms with E-state index in [0.29, 0.717) is 30.0 Å². The normalized spacial score (nSPS) is 22.2. The molecule has 0 unspecified atom stereocenters. The number of ketones is 1. The first-order valence-corrected chi connectivity index (χ1v) is 11.4. The fraction of sp³-hybridized carbons (Fsp3) is 0.520. The Balaban J connectivity index is 1.79. The van der Waals surface area contributed by atoms with E-state index in [1.165, 1.54) is 0 Å². The van der Waals surface area contributed by atoms with Gasteiger partial charge in [0.05, 0.1) is 12.2 Å². The van der Waals surface area contributed by atoms with Gasteiger partial charge in [-0.3, -0.25) is 9.59 Å². The highest BCUT2D eigenvalue weighted by Gasteiger charge is 2.39. The summed E-state index contributed by atoms with van der Waals surface area (Å²) in [5.74, 6) is -0.365. The average molecular weight is 465 g/mol. The molecule has 0 saturated heterocycles. The molecule has 0 heterocycles. The van der Waals surface area contributed by atoms with Gasteiger partial charge in [-0.25, -0.2) is 0 Å². The third-order valence-corrected chi connectivity index (χ3v) is 5.42. The molecule has 1 fully saturated rings. The first kappa shape index (κ1) is 26.1. The first-order chi connectivity index (χ1) is 15.3. The largest absolute Gasteiger partial charge is 0.491 e. The van der Waals surface area contributed by atoms with Gasteiger partial charge in [-0.15, -0.1) is 0 Å². The van der Waals surface area contributed by atoms with Crippen LogP contribution in [0.5, 0.6) is 5.75 Å². The molecule has 2 rings (SSSR count). The molecule has 32 heavy (non-hydrogen) atoms. The highest BCUT2D eigenvalue weighted by Crippen LogP contribution is 2.33. The van der Waals surface area contributed by atoms with Crippen LogP contribution in [-0.2, 0) is 14.3 Å². The molecule has 0 spiro atoms. The molecule has 0 bridgehead atoms. The van der Waals surface area contributed by atoms with E-state index in [-0.39, 0.29) is 36.8 Å². The lowest BCUT2D eigenvalue weighted by Crippen LogP contribution is -2.20. The third-order valence-electron chi connectivity index (χ3n) is 5.19. The van der Waals surface area contributed by atoms with Crippen molar-refractivity contribution < 1.29 is 29.3 Å². The molecule has 6 nitrogen and oxygen atoms in total. The number of halogens is 1. The lowest BCUT2D eigenvalue weighted by molar-refractivity contribution is -0.147. The van der Waals surface area contributed by atoms with Gasteiger partial charge in [0.2, 0.25) is 0 Å². The molecule has 1 aliphatic rings. The number of aliphatic hydroxyl groups excluding tert-OH is 2. The monoisotopic (exact) mass is 464 g/mol. The van der Waals surface area contributed by atoms with Gasteiger partial charge in [-0.05, 0) is 51.3 Å². The van der Waals surface area contributed by atoms with Crippen molar-refractivity contribution in [2.75, 3.05) is 6.61 Å². The van der Waals surface area contributed by atoms with Gasteiger partial charge in [0.15, 0.2) is 0 Å². The number of hydrogen-bond acceptors (Lipinski definition) is 6. The molecule has 1 aliphatic carbocycles. The number of unbranched alkanes of at least 4 members (excludes halogenated alkanes) is 1. The molecule has 1 saturated carbocycles. The highest BCUT2D eigenvalue weighted by atomic mass is 35.5. The Morgan fingerprint density at radius 1 is 1.31 bits per heavy atom. The van der Waals surface area contributed by atoms with Crippen molar-refractivity contribution in [3.8, 4) is 5.75 Å². The lowest BCUT2D eigenvalue weighted by Gasteiger charge is -2.17. The van der Waals surface area contributed by atoms with E-state index in [0.717, 1.165) is 6.42 Å². The zero-order valence-electron chi connectivity index (χ0n) is 18.7. The van der Waals surface area contributed by atoms with Gasteiger partial charge >= 0.3 is 5.97 Å². The number of hydrogen-bond donors (Lipinski definition) is 2. The van der Waals surface area contributed by atoms with Crippen LogP contribution in [0.4, 0.5) is 0 Å². The Bertz CT molecular complexity index is 803. The maximum Gasteiger partial charge on any atom is 0.306 e. The van der Waals surface area contributed by atoms with Crippen LogP contribution in [0.2, 0.25) is 5.02 Å². The van der Waals surface area contributed by atoms with Gasteiger partial charge < -0.3 is 19.7 Å². The van der Waals surface area contributed by atoms with E-state index in [9.17, 15) is 19.8 Å². The number of allylic oxidation sites excluding steroid dienone is 3. The summed E-state index contributed by atoms with van der Waals surface area (Å²) in [6, 6.07) is 6.89. The zero-order valence-corrected chi connectivity index (χ0v) is 19.4. The van der Waals surface area contributed by atoms with E-state index < -0.39 is 18.1 Å². The van der Waals surface area contributed by atoms with Crippen LogP contribution in [0.1, 0.15) is 46.0 Å². The Morgan fingerprint density at radius 2 is 2.09 bits per heavy atom. The number of ether oxygens (including phenoxy) is 2. The van der Waals surface area contributed by atoms with Crippen LogP contribution >= 0.6 is 11.6 Å².